The van der Waals surface area contributed by atoms with Crippen LogP contribution >= 0.6 is 11.8 Å². The van der Waals surface area contributed by atoms with Crippen molar-refractivity contribution in [1.82, 2.24) is 0 Å². The third-order valence-electron chi connectivity index (χ3n) is 3.16. The van der Waals surface area contributed by atoms with Crippen molar-refractivity contribution in [2.24, 2.45) is 0 Å². The van der Waals surface area contributed by atoms with Crippen LogP contribution in [0.25, 0.3) is 10.8 Å². The highest BCUT2D eigenvalue weighted by Gasteiger charge is 2.00. The van der Waals surface area contributed by atoms with E-state index in [1.54, 1.807) is 11.8 Å². The Morgan fingerprint density at radius 1 is 0.800 bits per heavy atom. The van der Waals surface area contributed by atoms with Gasteiger partial charge in [0.1, 0.15) is 0 Å². The summed E-state index contributed by atoms with van der Waals surface area (Å²) in [5.41, 5.74) is 1.07. The first kappa shape index (κ1) is 12.8. The highest BCUT2D eigenvalue weighted by atomic mass is 32.2. The Labute approximate surface area is 122 Å². The van der Waals surface area contributed by atoms with Gasteiger partial charge >= 0.3 is 0 Å². The van der Waals surface area contributed by atoms with E-state index in [9.17, 15) is 0 Å². The molecule has 96 valence electrons. The van der Waals surface area contributed by atoms with Crippen molar-refractivity contribution in [3.05, 3.63) is 72.3 Å². The van der Waals surface area contributed by atoms with Gasteiger partial charge in [-0.3, -0.25) is 0 Å². The maximum atomic E-state index is 8.67. The summed E-state index contributed by atoms with van der Waals surface area (Å²) in [6, 6.07) is 25.3. The quantitative estimate of drug-likeness (QED) is 0.667. The number of benzene rings is 3. The van der Waals surface area contributed by atoms with Crippen molar-refractivity contribution >= 4 is 22.5 Å². The van der Waals surface area contributed by atoms with E-state index in [2.05, 4.69) is 60.7 Å². The van der Waals surface area contributed by atoms with E-state index in [0.29, 0.717) is 6.42 Å². The summed E-state index contributed by atoms with van der Waals surface area (Å²) in [7, 11) is 0. The topological polar surface area (TPSA) is 23.8 Å². The molecule has 0 amide bonds. The van der Waals surface area contributed by atoms with Crippen LogP contribution in [0.15, 0.2) is 76.5 Å². The summed E-state index contributed by atoms with van der Waals surface area (Å²) in [5, 5.41) is 11.2. The molecule has 1 nitrogen and oxygen atoms in total. The fourth-order valence-corrected chi connectivity index (χ4v) is 3.00. The lowest BCUT2D eigenvalue weighted by Crippen LogP contribution is -1.81. The van der Waals surface area contributed by atoms with Gasteiger partial charge in [0.05, 0.1) is 12.5 Å². The van der Waals surface area contributed by atoms with Crippen molar-refractivity contribution in [2.75, 3.05) is 0 Å². The zero-order valence-electron chi connectivity index (χ0n) is 10.9. The lowest BCUT2D eigenvalue weighted by atomic mass is 10.1. The van der Waals surface area contributed by atoms with Crippen LogP contribution in [-0.2, 0) is 6.42 Å². The molecule has 20 heavy (non-hydrogen) atoms. The normalized spacial score (nSPS) is 10.3. The molecule has 0 aliphatic carbocycles. The first-order valence-corrected chi connectivity index (χ1v) is 7.29. The van der Waals surface area contributed by atoms with Crippen LogP contribution in [-0.4, -0.2) is 0 Å². The summed E-state index contributed by atoms with van der Waals surface area (Å²) < 4.78 is 0. The smallest absolute Gasteiger partial charge is 0.0669 e. The Hall–Kier alpha value is -2.24. The van der Waals surface area contributed by atoms with Gasteiger partial charge in [-0.05, 0) is 40.6 Å². The molecule has 0 fully saturated rings. The molecule has 0 spiro atoms. The Balaban J connectivity index is 1.83. The number of nitrogens with zero attached hydrogens (tertiary/aromatic N) is 1. The lowest BCUT2D eigenvalue weighted by Gasteiger charge is -2.04. The molecule has 0 heterocycles. The molecule has 0 radical (unpaired) electrons. The fourth-order valence-electron chi connectivity index (χ4n) is 2.13. The largest absolute Gasteiger partial charge is 0.198 e. The molecule has 0 aliphatic heterocycles. The number of nitriles is 1. The van der Waals surface area contributed by atoms with E-state index in [4.69, 9.17) is 5.26 Å². The van der Waals surface area contributed by atoms with Crippen molar-refractivity contribution < 1.29 is 0 Å². The van der Waals surface area contributed by atoms with E-state index in [1.165, 1.54) is 20.6 Å². The van der Waals surface area contributed by atoms with Crippen molar-refractivity contribution in [1.29, 1.82) is 5.26 Å². The minimum absolute atomic E-state index is 0.473. The minimum Gasteiger partial charge on any atom is -0.198 e. The summed E-state index contributed by atoms with van der Waals surface area (Å²) >= 11 is 1.75. The highest BCUT2D eigenvalue weighted by Crippen LogP contribution is 2.30. The molecule has 3 aromatic rings. The second kappa shape index (κ2) is 5.81. The van der Waals surface area contributed by atoms with Gasteiger partial charge in [0, 0.05) is 9.79 Å². The molecule has 0 N–H and O–H groups in total. The molecule has 0 aliphatic rings. The molecule has 0 saturated carbocycles. The molecule has 0 saturated heterocycles. The molecular formula is C18H13NS. The number of hydrogen-bond donors (Lipinski definition) is 0. The van der Waals surface area contributed by atoms with Crippen LogP contribution in [0.1, 0.15) is 5.56 Å². The molecule has 0 bridgehead atoms. The first-order valence-electron chi connectivity index (χ1n) is 6.48. The van der Waals surface area contributed by atoms with E-state index >= 15 is 0 Å². The van der Waals surface area contributed by atoms with Gasteiger partial charge in [-0.2, -0.15) is 5.26 Å². The van der Waals surface area contributed by atoms with Crippen LogP contribution in [0.3, 0.4) is 0 Å². The number of fused-ring (bicyclic) bond motifs is 1. The monoisotopic (exact) mass is 275 g/mol. The second-order valence-corrected chi connectivity index (χ2v) is 5.74. The third-order valence-corrected chi connectivity index (χ3v) is 4.16. The van der Waals surface area contributed by atoms with Gasteiger partial charge in [0.25, 0.3) is 0 Å². The molecule has 0 aromatic heterocycles. The van der Waals surface area contributed by atoms with Gasteiger partial charge in [0.2, 0.25) is 0 Å². The minimum atomic E-state index is 0.473. The van der Waals surface area contributed by atoms with Crippen LogP contribution in [0.2, 0.25) is 0 Å². The maximum absolute atomic E-state index is 8.67. The lowest BCUT2D eigenvalue weighted by molar-refractivity contribution is 1.24. The SMILES string of the molecule is N#CCc1ccc(Sc2ccc3ccccc3c2)cc1. The number of hydrogen-bond acceptors (Lipinski definition) is 2. The van der Waals surface area contributed by atoms with E-state index in [1.807, 2.05) is 12.1 Å². The molecule has 3 aromatic carbocycles. The Bertz CT molecular complexity index is 769. The first-order chi connectivity index (χ1) is 9.85. The van der Waals surface area contributed by atoms with E-state index in [0.717, 1.165) is 5.56 Å². The predicted molar refractivity (Wildman–Crippen MR) is 83.8 cm³/mol. The Morgan fingerprint density at radius 2 is 1.50 bits per heavy atom. The van der Waals surface area contributed by atoms with Crippen LogP contribution in [0.5, 0.6) is 0 Å². The Kier molecular flexibility index (Phi) is 3.71. The zero-order chi connectivity index (χ0) is 13.8. The molecule has 3 rings (SSSR count). The highest BCUT2D eigenvalue weighted by molar-refractivity contribution is 7.99. The van der Waals surface area contributed by atoms with Gasteiger partial charge in [-0.1, -0.05) is 54.2 Å². The summed E-state index contributed by atoms with van der Waals surface area (Å²) in [4.78, 5) is 2.43. The average molecular weight is 275 g/mol. The van der Waals surface area contributed by atoms with Crippen molar-refractivity contribution in [2.45, 2.75) is 16.2 Å². The predicted octanol–water partition coefficient (Wildman–Crippen LogP) is 5.06. The molecule has 0 unspecified atom stereocenters. The van der Waals surface area contributed by atoms with Crippen molar-refractivity contribution in [3.8, 4) is 6.07 Å². The van der Waals surface area contributed by atoms with Crippen molar-refractivity contribution in [3.63, 3.8) is 0 Å². The molecule has 0 atom stereocenters. The van der Waals surface area contributed by atoms with Gasteiger partial charge in [0.15, 0.2) is 0 Å². The van der Waals surface area contributed by atoms with Crippen LogP contribution in [0, 0.1) is 11.3 Å². The third kappa shape index (κ3) is 2.84. The van der Waals surface area contributed by atoms with Crippen LogP contribution in [0.4, 0.5) is 0 Å². The van der Waals surface area contributed by atoms with Gasteiger partial charge < -0.3 is 0 Å². The van der Waals surface area contributed by atoms with Gasteiger partial charge in [-0.15, -0.1) is 0 Å². The number of rotatable bonds is 3. The summed E-state index contributed by atoms with van der Waals surface area (Å²) in [5.74, 6) is 0. The second-order valence-electron chi connectivity index (χ2n) is 4.59. The summed E-state index contributed by atoms with van der Waals surface area (Å²) in [6.45, 7) is 0. The molecular weight excluding hydrogens is 262 g/mol. The fraction of sp³-hybridized carbons (Fsp3) is 0.0556. The van der Waals surface area contributed by atoms with Gasteiger partial charge in [-0.25, -0.2) is 0 Å². The van der Waals surface area contributed by atoms with E-state index < -0.39 is 0 Å². The Morgan fingerprint density at radius 3 is 2.25 bits per heavy atom. The average Bonchev–Trinajstić information content (AvgIpc) is 2.49. The van der Waals surface area contributed by atoms with E-state index in [-0.39, 0.29) is 0 Å². The van der Waals surface area contributed by atoms with Crippen LogP contribution < -0.4 is 0 Å². The summed E-state index contributed by atoms with van der Waals surface area (Å²) in [6.07, 6.45) is 0.473. The standard InChI is InChI=1S/C18H13NS/c19-12-11-14-5-8-17(9-6-14)20-18-10-7-15-3-1-2-4-16(15)13-18/h1-10,13H,11H2. The molecule has 2 heteroatoms. The maximum Gasteiger partial charge on any atom is 0.0669 e. The zero-order valence-corrected chi connectivity index (χ0v) is 11.7.